The highest BCUT2D eigenvalue weighted by atomic mass is 35.5. The number of aryl methyl sites for hydroxylation is 1. The molecule has 1 rings (SSSR count). The van der Waals surface area contributed by atoms with E-state index in [0.29, 0.717) is 4.34 Å². The van der Waals surface area contributed by atoms with Crippen LogP contribution in [0, 0.1) is 18.3 Å². The molecule has 0 spiro atoms. The standard InChI is InChI=1S/C9H11ClN2O2S2/c1-7-6-8(15-9(7)10)16(13,14)12(2)5-3-4-11/h6H,3,5H2,1-2H3. The van der Waals surface area contributed by atoms with E-state index in [1.807, 2.05) is 6.07 Å². The molecule has 0 fully saturated rings. The molecule has 0 bridgehead atoms. The molecule has 1 heterocycles. The lowest BCUT2D eigenvalue weighted by Gasteiger charge is -2.13. The zero-order valence-electron chi connectivity index (χ0n) is 8.90. The second-order valence-electron chi connectivity index (χ2n) is 3.26. The van der Waals surface area contributed by atoms with Gasteiger partial charge < -0.3 is 0 Å². The molecule has 0 saturated heterocycles. The van der Waals surface area contributed by atoms with Gasteiger partial charge in [0.25, 0.3) is 10.0 Å². The van der Waals surface area contributed by atoms with E-state index in [-0.39, 0.29) is 17.2 Å². The summed E-state index contributed by atoms with van der Waals surface area (Å²) in [4.78, 5) is 0. The Balaban J connectivity index is 2.98. The fraction of sp³-hybridized carbons (Fsp3) is 0.444. The summed E-state index contributed by atoms with van der Waals surface area (Å²) in [6, 6.07) is 3.46. The minimum absolute atomic E-state index is 0.174. The average Bonchev–Trinajstić information content (AvgIpc) is 2.56. The topological polar surface area (TPSA) is 61.2 Å². The van der Waals surface area contributed by atoms with Gasteiger partial charge in [-0.3, -0.25) is 0 Å². The Kier molecular flexibility index (Phi) is 4.33. The van der Waals surface area contributed by atoms with E-state index < -0.39 is 10.0 Å². The van der Waals surface area contributed by atoms with Crippen LogP contribution in [-0.2, 0) is 10.0 Å². The number of nitrogens with zero attached hydrogens (tertiary/aromatic N) is 2. The SMILES string of the molecule is Cc1cc(S(=O)(=O)N(C)CCC#N)sc1Cl. The molecule has 0 aromatic carbocycles. The van der Waals surface area contributed by atoms with Gasteiger partial charge >= 0.3 is 0 Å². The van der Waals surface area contributed by atoms with Crippen LogP contribution in [0.25, 0.3) is 0 Å². The van der Waals surface area contributed by atoms with Crippen molar-refractivity contribution in [3.8, 4) is 6.07 Å². The van der Waals surface area contributed by atoms with Gasteiger partial charge in [-0.1, -0.05) is 11.6 Å². The molecule has 1 aromatic rings. The molecule has 4 nitrogen and oxygen atoms in total. The van der Waals surface area contributed by atoms with E-state index in [4.69, 9.17) is 16.9 Å². The Hall–Kier alpha value is -0.610. The number of nitriles is 1. The molecule has 0 amide bonds. The van der Waals surface area contributed by atoms with Crippen LogP contribution >= 0.6 is 22.9 Å². The maximum Gasteiger partial charge on any atom is 0.252 e. The first kappa shape index (κ1) is 13.5. The Morgan fingerprint density at radius 3 is 2.69 bits per heavy atom. The predicted octanol–water partition coefficient (Wildman–Crippen LogP) is 2.24. The lowest BCUT2D eigenvalue weighted by Crippen LogP contribution is -2.27. The van der Waals surface area contributed by atoms with E-state index in [1.54, 1.807) is 13.0 Å². The van der Waals surface area contributed by atoms with Gasteiger partial charge in [-0.2, -0.15) is 9.57 Å². The minimum atomic E-state index is -3.50. The van der Waals surface area contributed by atoms with E-state index in [9.17, 15) is 8.42 Å². The van der Waals surface area contributed by atoms with E-state index in [0.717, 1.165) is 21.2 Å². The van der Waals surface area contributed by atoms with E-state index in [1.165, 1.54) is 7.05 Å². The molecule has 7 heteroatoms. The number of sulfonamides is 1. The van der Waals surface area contributed by atoms with Crippen LogP contribution in [0.1, 0.15) is 12.0 Å². The maximum atomic E-state index is 12.0. The second-order valence-corrected chi connectivity index (χ2v) is 7.18. The normalized spacial score (nSPS) is 11.7. The monoisotopic (exact) mass is 278 g/mol. The molecule has 0 aliphatic carbocycles. The summed E-state index contributed by atoms with van der Waals surface area (Å²) in [6.07, 6.45) is 0.174. The van der Waals surface area contributed by atoms with Gasteiger partial charge in [0.2, 0.25) is 0 Å². The van der Waals surface area contributed by atoms with E-state index >= 15 is 0 Å². The van der Waals surface area contributed by atoms with Crippen molar-refractivity contribution in [3.05, 3.63) is 16.0 Å². The van der Waals surface area contributed by atoms with Gasteiger partial charge in [-0.15, -0.1) is 11.3 Å². The van der Waals surface area contributed by atoms with Crippen molar-refractivity contribution in [2.24, 2.45) is 0 Å². The maximum absolute atomic E-state index is 12.0. The number of rotatable bonds is 4. The molecule has 0 aliphatic heterocycles. The summed E-state index contributed by atoms with van der Waals surface area (Å²) in [5, 5.41) is 8.41. The molecule has 0 aliphatic rings. The van der Waals surface area contributed by atoms with Crippen LogP contribution < -0.4 is 0 Å². The van der Waals surface area contributed by atoms with Crippen molar-refractivity contribution in [1.82, 2.24) is 4.31 Å². The lowest BCUT2D eigenvalue weighted by molar-refractivity contribution is 0.478. The molecule has 1 aromatic heterocycles. The smallest absolute Gasteiger partial charge is 0.206 e. The highest BCUT2D eigenvalue weighted by molar-refractivity contribution is 7.91. The van der Waals surface area contributed by atoms with Gasteiger partial charge in [0.15, 0.2) is 0 Å². The first-order valence-electron chi connectivity index (χ1n) is 4.49. The molecule has 88 valence electrons. The average molecular weight is 279 g/mol. The molecular formula is C9H11ClN2O2S2. The summed E-state index contributed by atoms with van der Waals surface area (Å²) in [5.41, 5.74) is 0.749. The third kappa shape index (κ3) is 2.74. The minimum Gasteiger partial charge on any atom is -0.206 e. The van der Waals surface area contributed by atoms with Crippen LogP contribution in [0.3, 0.4) is 0 Å². The van der Waals surface area contributed by atoms with E-state index in [2.05, 4.69) is 0 Å². The second kappa shape index (κ2) is 5.15. The van der Waals surface area contributed by atoms with Crippen molar-refractivity contribution >= 4 is 33.0 Å². The summed E-state index contributed by atoms with van der Waals surface area (Å²) >= 11 is 6.86. The summed E-state index contributed by atoms with van der Waals surface area (Å²) in [5.74, 6) is 0. The molecule has 0 unspecified atom stereocenters. The fourth-order valence-corrected chi connectivity index (χ4v) is 4.13. The first-order valence-corrected chi connectivity index (χ1v) is 7.12. The van der Waals surface area contributed by atoms with Crippen LogP contribution in [-0.4, -0.2) is 26.3 Å². The molecule has 0 saturated carbocycles. The van der Waals surface area contributed by atoms with Crippen molar-refractivity contribution < 1.29 is 8.42 Å². The third-order valence-corrected chi connectivity index (χ3v) is 5.90. The van der Waals surface area contributed by atoms with Gasteiger partial charge in [-0.05, 0) is 18.6 Å². The van der Waals surface area contributed by atoms with Crippen LogP contribution in [0.2, 0.25) is 4.34 Å². The van der Waals surface area contributed by atoms with Gasteiger partial charge in [0.1, 0.15) is 4.21 Å². The summed E-state index contributed by atoms with van der Waals surface area (Å²) < 4.78 is 25.8. The largest absolute Gasteiger partial charge is 0.252 e. The highest BCUT2D eigenvalue weighted by Crippen LogP contribution is 2.31. The fourth-order valence-electron chi connectivity index (χ4n) is 1.04. The highest BCUT2D eigenvalue weighted by Gasteiger charge is 2.23. The van der Waals surface area contributed by atoms with Crippen LogP contribution in [0.4, 0.5) is 0 Å². The van der Waals surface area contributed by atoms with Crippen molar-refractivity contribution in [2.45, 2.75) is 17.6 Å². The Morgan fingerprint density at radius 1 is 1.62 bits per heavy atom. The number of thiophene rings is 1. The van der Waals surface area contributed by atoms with Crippen molar-refractivity contribution in [3.63, 3.8) is 0 Å². The molecule has 0 radical (unpaired) electrons. The Bertz CT molecular complexity index is 497. The van der Waals surface area contributed by atoms with Crippen LogP contribution in [0.15, 0.2) is 10.3 Å². The van der Waals surface area contributed by atoms with Crippen LogP contribution in [0.5, 0.6) is 0 Å². The first-order chi connectivity index (χ1) is 7.39. The predicted molar refractivity (Wildman–Crippen MR) is 64.1 cm³/mol. The van der Waals surface area contributed by atoms with Gasteiger partial charge in [0, 0.05) is 20.0 Å². The molecule has 0 N–H and O–H groups in total. The lowest BCUT2D eigenvalue weighted by atomic mass is 10.4. The zero-order valence-corrected chi connectivity index (χ0v) is 11.3. The number of hydrogen-bond donors (Lipinski definition) is 0. The summed E-state index contributed by atoms with van der Waals surface area (Å²) in [7, 11) is -2.04. The summed E-state index contributed by atoms with van der Waals surface area (Å²) in [6.45, 7) is 1.94. The molecule has 16 heavy (non-hydrogen) atoms. The number of hydrogen-bond acceptors (Lipinski definition) is 4. The third-order valence-electron chi connectivity index (χ3n) is 2.04. The Morgan fingerprint density at radius 2 is 2.25 bits per heavy atom. The van der Waals surface area contributed by atoms with Gasteiger partial charge in [0.05, 0.1) is 10.4 Å². The molecular weight excluding hydrogens is 268 g/mol. The van der Waals surface area contributed by atoms with Gasteiger partial charge in [-0.25, -0.2) is 8.42 Å². The Labute approximate surface area is 104 Å². The quantitative estimate of drug-likeness (QED) is 0.849. The zero-order chi connectivity index (χ0) is 12.3. The van der Waals surface area contributed by atoms with Crippen molar-refractivity contribution in [2.75, 3.05) is 13.6 Å². The van der Waals surface area contributed by atoms with Crippen molar-refractivity contribution in [1.29, 1.82) is 5.26 Å². The molecule has 0 atom stereocenters. The number of halogens is 1.